The summed E-state index contributed by atoms with van der Waals surface area (Å²) in [5, 5.41) is 2.43. The lowest BCUT2D eigenvalue weighted by atomic mass is 9.99. The smallest absolute Gasteiger partial charge is 0.166 e. The Bertz CT molecular complexity index is 2160. The zero-order valence-electron chi connectivity index (χ0n) is 23.3. The Morgan fingerprint density at radius 2 is 0.837 bits per heavy atom. The molecule has 0 aliphatic carbocycles. The minimum atomic E-state index is 0.633. The number of hydrogen-bond acceptors (Lipinski definition) is 3. The van der Waals surface area contributed by atoms with E-state index in [0.29, 0.717) is 17.5 Å². The van der Waals surface area contributed by atoms with Gasteiger partial charge in [0.1, 0.15) is 0 Å². The molecule has 4 nitrogen and oxygen atoms in total. The highest BCUT2D eigenvalue weighted by Crippen LogP contribution is 2.40. The molecular weight excluding hydrogens is 524 g/mol. The summed E-state index contributed by atoms with van der Waals surface area (Å²) in [5.41, 5.74) is 8.53. The largest absolute Gasteiger partial charge is 0.308 e. The number of para-hydroxylation sites is 2. The summed E-state index contributed by atoms with van der Waals surface area (Å²) in [6, 6.07) is 54.4. The van der Waals surface area contributed by atoms with Gasteiger partial charge in [0.15, 0.2) is 17.5 Å². The quantitative estimate of drug-likeness (QED) is 0.214. The van der Waals surface area contributed by atoms with E-state index in [2.05, 4.69) is 102 Å². The molecule has 0 amide bonds. The molecule has 8 rings (SSSR count). The molecule has 0 unspecified atom stereocenters. The Hall–Kier alpha value is -5.87. The minimum Gasteiger partial charge on any atom is -0.308 e. The lowest BCUT2D eigenvalue weighted by Gasteiger charge is -2.14. The van der Waals surface area contributed by atoms with Crippen molar-refractivity contribution in [1.29, 1.82) is 0 Å². The van der Waals surface area contributed by atoms with Crippen molar-refractivity contribution < 1.29 is 0 Å². The Kier molecular flexibility index (Phi) is 6.08. The normalized spacial score (nSPS) is 11.3. The van der Waals surface area contributed by atoms with E-state index < -0.39 is 0 Å². The first-order valence-corrected chi connectivity index (χ1v) is 14.4. The molecule has 202 valence electrons. The monoisotopic (exact) mass is 550 g/mol. The molecule has 0 N–H and O–H groups in total. The van der Waals surface area contributed by atoms with Crippen LogP contribution in [0.4, 0.5) is 0 Å². The first kappa shape index (κ1) is 24.9. The summed E-state index contributed by atoms with van der Waals surface area (Å²) < 4.78 is 2.35. The fourth-order valence-corrected chi connectivity index (χ4v) is 5.92. The van der Waals surface area contributed by atoms with Gasteiger partial charge in [0.2, 0.25) is 0 Å². The highest BCUT2D eigenvalue weighted by molar-refractivity contribution is 6.16. The molecule has 0 aliphatic rings. The standard InChI is InChI=1S/C39H26N4/c1-4-15-27(16-5-1)30-23-14-26-35-36(30)31-21-10-12-24-33(31)43(35)34-25-13-11-22-32(34)39-41-37(28-17-6-2-7-18-28)40-38(42-39)29-19-8-3-9-20-29/h1-26H. The summed E-state index contributed by atoms with van der Waals surface area (Å²) in [7, 11) is 0. The molecule has 0 aliphatic heterocycles. The highest BCUT2D eigenvalue weighted by atomic mass is 15.1. The Balaban J connectivity index is 1.41. The number of aromatic nitrogens is 4. The SMILES string of the molecule is c1ccc(-c2nc(-c3ccccc3)nc(-c3ccccc3-n3c4ccccc4c4c(-c5ccccc5)cccc43)n2)cc1. The van der Waals surface area contributed by atoms with Crippen LogP contribution in [0.3, 0.4) is 0 Å². The first-order chi connectivity index (χ1) is 21.3. The zero-order valence-corrected chi connectivity index (χ0v) is 23.3. The molecule has 6 aromatic carbocycles. The van der Waals surface area contributed by atoms with Crippen LogP contribution in [-0.2, 0) is 0 Å². The predicted molar refractivity (Wildman–Crippen MR) is 176 cm³/mol. The van der Waals surface area contributed by atoms with Crippen molar-refractivity contribution in [3.63, 3.8) is 0 Å². The second-order valence-electron chi connectivity index (χ2n) is 10.5. The van der Waals surface area contributed by atoms with Crippen molar-refractivity contribution in [3.8, 4) is 51.0 Å². The second kappa shape index (κ2) is 10.5. The molecule has 43 heavy (non-hydrogen) atoms. The average molecular weight is 551 g/mol. The lowest BCUT2D eigenvalue weighted by Crippen LogP contribution is -2.03. The van der Waals surface area contributed by atoms with E-state index in [-0.39, 0.29) is 0 Å². The number of hydrogen-bond donors (Lipinski definition) is 0. The van der Waals surface area contributed by atoms with E-state index in [9.17, 15) is 0 Å². The molecule has 0 fully saturated rings. The fourth-order valence-electron chi connectivity index (χ4n) is 5.92. The molecule has 8 aromatic rings. The molecule has 0 bridgehead atoms. The average Bonchev–Trinajstić information content (AvgIpc) is 3.44. The van der Waals surface area contributed by atoms with Crippen LogP contribution < -0.4 is 0 Å². The fraction of sp³-hybridized carbons (Fsp3) is 0. The van der Waals surface area contributed by atoms with Crippen LogP contribution in [-0.4, -0.2) is 19.5 Å². The Morgan fingerprint density at radius 1 is 0.349 bits per heavy atom. The number of nitrogens with zero attached hydrogens (tertiary/aromatic N) is 4. The molecular formula is C39H26N4. The predicted octanol–water partition coefficient (Wildman–Crippen LogP) is 9.64. The van der Waals surface area contributed by atoms with Gasteiger partial charge < -0.3 is 4.57 Å². The van der Waals surface area contributed by atoms with Crippen LogP contribution in [0.2, 0.25) is 0 Å². The maximum atomic E-state index is 5.06. The summed E-state index contributed by atoms with van der Waals surface area (Å²) in [4.78, 5) is 15.0. The molecule has 4 heteroatoms. The van der Waals surface area contributed by atoms with E-state index in [4.69, 9.17) is 15.0 Å². The third kappa shape index (κ3) is 4.37. The topological polar surface area (TPSA) is 43.6 Å². The second-order valence-corrected chi connectivity index (χ2v) is 10.5. The van der Waals surface area contributed by atoms with Gasteiger partial charge in [0.05, 0.1) is 16.7 Å². The zero-order chi connectivity index (χ0) is 28.6. The van der Waals surface area contributed by atoms with Gasteiger partial charge in [-0.2, -0.15) is 0 Å². The van der Waals surface area contributed by atoms with Crippen molar-refractivity contribution in [2.45, 2.75) is 0 Å². The van der Waals surface area contributed by atoms with Gasteiger partial charge in [-0.3, -0.25) is 0 Å². The van der Waals surface area contributed by atoms with E-state index >= 15 is 0 Å². The number of fused-ring (bicyclic) bond motifs is 3. The van der Waals surface area contributed by atoms with Gasteiger partial charge in [-0.1, -0.05) is 133 Å². The first-order valence-electron chi connectivity index (χ1n) is 14.4. The molecule has 0 saturated heterocycles. The number of benzene rings is 6. The highest BCUT2D eigenvalue weighted by Gasteiger charge is 2.20. The van der Waals surface area contributed by atoms with Crippen LogP contribution >= 0.6 is 0 Å². The Morgan fingerprint density at radius 3 is 1.51 bits per heavy atom. The van der Waals surface area contributed by atoms with E-state index in [1.165, 1.54) is 21.9 Å². The van der Waals surface area contributed by atoms with Gasteiger partial charge in [0.25, 0.3) is 0 Å². The lowest BCUT2D eigenvalue weighted by molar-refractivity contribution is 1.06. The summed E-state index contributed by atoms with van der Waals surface area (Å²) >= 11 is 0. The van der Waals surface area contributed by atoms with Gasteiger partial charge in [0, 0.05) is 27.5 Å². The maximum Gasteiger partial charge on any atom is 0.166 e. The van der Waals surface area contributed by atoms with E-state index in [0.717, 1.165) is 33.4 Å². The number of rotatable bonds is 5. The van der Waals surface area contributed by atoms with Gasteiger partial charge in [-0.05, 0) is 35.4 Å². The van der Waals surface area contributed by atoms with Crippen LogP contribution in [0.25, 0.3) is 72.8 Å². The molecule has 0 atom stereocenters. The van der Waals surface area contributed by atoms with E-state index in [1.54, 1.807) is 0 Å². The molecule has 0 spiro atoms. The van der Waals surface area contributed by atoms with Crippen molar-refractivity contribution in [1.82, 2.24) is 19.5 Å². The van der Waals surface area contributed by atoms with Crippen LogP contribution in [0.1, 0.15) is 0 Å². The summed E-state index contributed by atoms with van der Waals surface area (Å²) in [5.74, 6) is 1.93. The third-order valence-corrected chi connectivity index (χ3v) is 7.87. The maximum absolute atomic E-state index is 5.06. The molecule has 0 saturated carbocycles. The minimum absolute atomic E-state index is 0.633. The molecule has 2 aromatic heterocycles. The molecule has 2 heterocycles. The summed E-state index contributed by atoms with van der Waals surface area (Å²) in [6.07, 6.45) is 0. The van der Waals surface area contributed by atoms with Gasteiger partial charge in [-0.25, -0.2) is 15.0 Å². The van der Waals surface area contributed by atoms with Crippen LogP contribution in [0.15, 0.2) is 158 Å². The summed E-state index contributed by atoms with van der Waals surface area (Å²) in [6.45, 7) is 0. The Labute approximate surface area is 249 Å². The van der Waals surface area contributed by atoms with Gasteiger partial charge in [-0.15, -0.1) is 0 Å². The third-order valence-electron chi connectivity index (χ3n) is 7.87. The van der Waals surface area contributed by atoms with Gasteiger partial charge >= 0.3 is 0 Å². The van der Waals surface area contributed by atoms with Crippen molar-refractivity contribution in [2.75, 3.05) is 0 Å². The van der Waals surface area contributed by atoms with Crippen LogP contribution in [0.5, 0.6) is 0 Å². The van der Waals surface area contributed by atoms with E-state index in [1.807, 2.05) is 60.7 Å². The van der Waals surface area contributed by atoms with Crippen molar-refractivity contribution >= 4 is 21.8 Å². The van der Waals surface area contributed by atoms with Crippen molar-refractivity contribution in [2.24, 2.45) is 0 Å². The van der Waals surface area contributed by atoms with Crippen molar-refractivity contribution in [3.05, 3.63) is 158 Å². The van der Waals surface area contributed by atoms with Crippen LogP contribution in [0, 0.1) is 0 Å². The molecule has 0 radical (unpaired) electrons.